The molecule has 1 aliphatic rings. The van der Waals surface area contributed by atoms with Gasteiger partial charge in [0.2, 0.25) is 5.91 Å². The summed E-state index contributed by atoms with van der Waals surface area (Å²) >= 11 is 0. The first-order valence-corrected chi connectivity index (χ1v) is 6.46. The summed E-state index contributed by atoms with van der Waals surface area (Å²) in [6, 6.07) is 0. The predicted octanol–water partition coefficient (Wildman–Crippen LogP) is 0.558. The van der Waals surface area contributed by atoms with Crippen molar-refractivity contribution in [1.29, 1.82) is 0 Å². The molecule has 0 saturated heterocycles. The Morgan fingerprint density at radius 3 is 2.79 bits per heavy atom. The van der Waals surface area contributed by atoms with Crippen LogP contribution in [-0.2, 0) is 16.1 Å². The fourth-order valence-corrected chi connectivity index (χ4v) is 2.66. The van der Waals surface area contributed by atoms with Crippen molar-refractivity contribution in [3.63, 3.8) is 0 Å². The fourth-order valence-electron chi connectivity index (χ4n) is 2.66. The highest BCUT2D eigenvalue weighted by molar-refractivity contribution is 5.85. The summed E-state index contributed by atoms with van der Waals surface area (Å²) in [6.07, 6.45) is 3.52. The van der Waals surface area contributed by atoms with Crippen molar-refractivity contribution in [1.82, 2.24) is 20.5 Å². The zero-order valence-electron chi connectivity index (χ0n) is 10.8. The molecular weight excluding hydrogens is 248 g/mol. The van der Waals surface area contributed by atoms with E-state index in [1.165, 1.54) is 6.33 Å². The number of aromatic nitrogens is 3. The Morgan fingerprint density at radius 1 is 1.47 bits per heavy atom. The van der Waals surface area contributed by atoms with Crippen LogP contribution >= 0.6 is 0 Å². The van der Waals surface area contributed by atoms with E-state index in [-0.39, 0.29) is 12.5 Å². The number of carboxylic acids is 1. The van der Waals surface area contributed by atoms with Gasteiger partial charge in [0.25, 0.3) is 0 Å². The summed E-state index contributed by atoms with van der Waals surface area (Å²) < 4.78 is 0. The van der Waals surface area contributed by atoms with Gasteiger partial charge in [-0.25, -0.2) is 4.98 Å². The first-order valence-electron chi connectivity index (χ1n) is 6.46. The maximum absolute atomic E-state index is 12.1. The molecule has 7 heteroatoms. The molecule has 0 bridgehead atoms. The third-order valence-corrected chi connectivity index (χ3v) is 3.79. The standard InChI is InChI=1S/C12H18N4O3/c1-2-7-3-8(9(4-7)12(18)19)11(17)13-5-10-14-6-15-16-10/h6-9H,2-5H2,1H3,(H,13,17)(H,18,19)(H,14,15,16). The van der Waals surface area contributed by atoms with E-state index in [4.69, 9.17) is 0 Å². The second-order valence-corrected chi connectivity index (χ2v) is 4.95. The Morgan fingerprint density at radius 2 is 2.21 bits per heavy atom. The van der Waals surface area contributed by atoms with Crippen LogP contribution in [0, 0.1) is 17.8 Å². The van der Waals surface area contributed by atoms with Gasteiger partial charge in [-0.15, -0.1) is 0 Å². The second kappa shape index (κ2) is 5.81. The Balaban J connectivity index is 1.94. The van der Waals surface area contributed by atoms with Gasteiger partial charge in [-0.1, -0.05) is 13.3 Å². The quantitative estimate of drug-likeness (QED) is 0.721. The van der Waals surface area contributed by atoms with Crippen molar-refractivity contribution < 1.29 is 14.7 Å². The maximum Gasteiger partial charge on any atom is 0.307 e. The Labute approximate surface area is 110 Å². The van der Waals surface area contributed by atoms with Gasteiger partial charge in [0, 0.05) is 0 Å². The number of nitrogens with zero attached hydrogens (tertiary/aromatic N) is 2. The van der Waals surface area contributed by atoms with E-state index in [1.807, 2.05) is 6.92 Å². The van der Waals surface area contributed by atoms with Gasteiger partial charge < -0.3 is 10.4 Å². The molecule has 0 radical (unpaired) electrons. The number of carbonyl (C=O) groups excluding carboxylic acids is 1. The minimum absolute atomic E-state index is 0.209. The van der Waals surface area contributed by atoms with Crippen molar-refractivity contribution in [3.05, 3.63) is 12.2 Å². The molecule has 3 N–H and O–H groups in total. The molecule has 1 aromatic heterocycles. The number of carboxylic acid groups (broad SMARTS) is 1. The number of aliphatic carboxylic acids is 1. The molecule has 0 spiro atoms. The van der Waals surface area contributed by atoms with Crippen LogP contribution in [0.25, 0.3) is 0 Å². The largest absolute Gasteiger partial charge is 0.481 e. The number of aromatic amines is 1. The molecule has 104 valence electrons. The van der Waals surface area contributed by atoms with E-state index in [0.717, 1.165) is 6.42 Å². The SMILES string of the molecule is CCC1CC(C(=O)O)C(C(=O)NCc2ncn[nH]2)C1. The van der Waals surface area contributed by atoms with Gasteiger partial charge >= 0.3 is 5.97 Å². The molecule has 2 rings (SSSR count). The van der Waals surface area contributed by atoms with Crippen LogP contribution in [0.1, 0.15) is 32.0 Å². The summed E-state index contributed by atoms with van der Waals surface area (Å²) in [5, 5.41) is 18.2. The first-order chi connectivity index (χ1) is 9.11. The van der Waals surface area contributed by atoms with E-state index in [9.17, 15) is 14.7 Å². The molecule has 7 nitrogen and oxygen atoms in total. The number of amides is 1. The fraction of sp³-hybridized carbons (Fsp3) is 0.667. The van der Waals surface area contributed by atoms with Crippen LogP contribution in [0.2, 0.25) is 0 Å². The Kier molecular flexibility index (Phi) is 4.13. The monoisotopic (exact) mass is 266 g/mol. The molecule has 19 heavy (non-hydrogen) atoms. The number of H-pyrrole nitrogens is 1. The van der Waals surface area contributed by atoms with E-state index in [1.54, 1.807) is 0 Å². The lowest BCUT2D eigenvalue weighted by Gasteiger charge is -2.14. The van der Waals surface area contributed by atoms with E-state index < -0.39 is 17.8 Å². The van der Waals surface area contributed by atoms with Crippen LogP contribution in [-0.4, -0.2) is 32.2 Å². The third kappa shape index (κ3) is 3.10. The highest BCUT2D eigenvalue weighted by Gasteiger charge is 2.41. The van der Waals surface area contributed by atoms with Gasteiger partial charge in [-0.05, 0) is 18.8 Å². The van der Waals surface area contributed by atoms with Crippen molar-refractivity contribution in [2.24, 2.45) is 17.8 Å². The molecule has 0 aromatic carbocycles. The lowest BCUT2D eigenvalue weighted by atomic mass is 9.95. The molecular formula is C12H18N4O3. The van der Waals surface area contributed by atoms with Crippen molar-refractivity contribution in [2.75, 3.05) is 0 Å². The molecule has 1 fully saturated rings. The minimum Gasteiger partial charge on any atom is -0.481 e. The van der Waals surface area contributed by atoms with Crippen molar-refractivity contribution in [3.8, 4) is 0 Å². The van der Waals surface area contributed by atoms with Crippen LogP contribution < -0.4 is 5.32 Å². The average molecular weight is 266 g/mol. The highest BCUT2D eigenvalue weighted by atomic mass is 16.4. The highest BCUT2D eigenvalue weighted by Crippen LogP contribution is 2.38. The smallest absolute Gasteiger partial charge is 0.307 e. The van der Waals surface area contributed by atoms with E-state index >= 15 is 0 Å². The summed E-state index contributed by atoms with van der Waals surface area (Å²) in [4.78, 5) is 27.2. The van der Waals surface area contributed by atoms with Gasteiger partial charge in [-0.3, -0.25) is 14.7 Å². The van der Waals surface area contributed by atoms with Crippen molar-refractivity contribution in [2.45, 2.75) is 32.7 Å². The van der Waals surface area contributed by atoms with Crippen LogP contribution in [0.4, 0.5) is 0 Å². The lowest BCUT2D eigenvalue weighted by molar-refractivity contribution is -0.146. The molecule has 0 aliphatic heterocycles. The lowest BCUT2D eigenvalue weighted by Crippen LogP contribution is -2.35. The molecule has 1 heterocycles. The van der Waals surface area contributed by atoms with E-state index in [2.05, 4.69) is 20.5 Å². The first kappa shape index (κ1) is 13.5. The maximum atomic E-state index is 12.1. The number of hydrogen-bond donors (Lipinski definition) is 3. The van der Waals surface area contributed by atoms with E-state index in [0.29, 0.717) is 24.6 Å². The topological polar surface area (TPSA) is 108 Å². The van der Waals surface area contributed by atoms with Gasteiger partial charge in [0.15, 0.2) is 0 Å². The summed E-state index contributed by atoms with van der Waals surface area (Å²) in [6.45, 7) is 2.27. The van der Waals surface area contributed by atoms with Crippen molar-refractivity contribution >= 4 is 11.9 Å². The van der Waals surface area contributed by atoms with Crippen LogP contribution in [0.3, 0.4) is 0 Å². The van der Waals surface area contributed by atoms with Gasteiger partial charge in [0.05, 0.1) is 18.4 Å². The Hall–Kier alpha value is -1.92. The minimum atomic E-state index is -0.879. The van der Waals surface area contributed by atoms with Crippen LogP contribution in [0.5, 0.6) is 0 Å². The number of rotatable bonds is 5. The average Bonchev–Trinajstić information content (AvgIpc) is 3.04. The summed E-state index contributed by atoms with van der Waals surface area (Å²) in [5.74, 6) is -1.21. The van der Waals surface area contributed by atoms with Gasteiger partial charge in [-0.2, -0.15) is 5.10 Å². The molecule has 1 amide bonds. The summed E-state index contributed by atoms with van der Waals surface area (Å²) in [7, 11) is 0. The zero-order chi connectivity index (χ0) is 13.8. The van der Waals surface area contributed by atoms with Crippen LogP contribution in [0.15, 0.2) is 6.33 Å². The number of hydrogen-bond acceptors (Lipinski definition) is 4. The number of carbonyl (C=O) groups is 2. The molecule has 3 unspecified atom stereocenters. The molecule has 1 aliphatic carbocycles. The molecule has 1 saturated carbocycles. The predicted molar refractivity (Wildman–Crippen MR) is 65.9 cm³/mol. The number of nitrogens with one attached hydrogen (secondary N) is 2. The Bertz CT molecular complexity index is 446. The third-order valence-electron chi connectivity index (χ3n) is 3.79. The molecule has 1 aromatic rings. The second-order valence-electron chi connectivity index (χ2n) is 4.95. The summed E-state index contributed by atoms with van der Waals surface area (Å²) in [5.41, 5.74) is 0. The normalized spacial score (nSPS) is 26.3. The van der Waals surface area contributed by atoms with Gasteiger partial charge in [0.1, 0.15) is 12.2 Å². The molecule has 3 atom stereocenters. The zero-order valence-corrected chi connectivity index (χ0v) is 10.8.